The normalized spacial score (nSPS) is 15.2. The molecule has 0 saturated carbocycles. The van der Waals surface area contributed by atoms with Crippen LogP contribution in [-0.4, -0.2) is 141 Å². The molecule has 0 aromatic heterocycles. The largest absolute Gasteiger partial charge is 0.492 e. The Morgan fingerprint density at radius 1 is 0.485 bits per heavy atom. The third-order valence-corrected chi connectivity index (χ3v) is 12.2. The Morgan fingerprint density at radius 3 is 1.15 bits per heavy atom. The highest BCUT2D eigenvalue weighted by Gasteiger charge is 2.30. The molecule has 0 aliphatic carbocycles. The number of ketones is 2. The summed E-state index contributed by atoms with van der Waals surface area (Å²) >= 11 is 0. The van der Waals surface area contributed by atoms with Crippen LogP contribution in [-0.2, 0) is 31.8 Å². The smallest absolute Gasteiger partial charge is 0.171 e. The molecule has 6 rings (SSSR count). The summed E-state index contributed by atoms with van der Waals surface area (Å²) in [6.07, 6.45) is 4.79. The van der Waals surface area contributed by atoms with Gasteiger partial charge in [-0.3, -0.25) is 9.59 Å². The van der Waals surface area contributed by atoms with Crippen LogP contribution in [0.5, 0.6) is 23.0 Å². The number of ether oxygens (including phenoxy) is 8. The average Bonchev–Trinajstić information content (AvgIpc) is 3.35. The summed E-state index contributed by atoms with van der Waals surface area (Å²) in [5.41, 5.74) is 3.28. The van der Waals surface area contributed by atoms with Crippen molar-refractivity contribution in [1.29, 1.82) is 0 Å². The van der Waals surface area contributed by atoms with E-state index in [9.17, 15) is 18.4 Å². The summed E-state index contributed by atoms with van der Waals surface area (Å²) in [4.78, 5) is 31.9. The van der Waals surface area contributed by atoms with Crippen LogP contribution in [0.3, 0.4) is 0 Å². The average molecular weight is 917 g/mol. The van der Waals surface area contributed by atoms with Gasteiger partial charge in [-0.15, -0.1) is 0 Å². The lowest BCUT2D eigenvalue weighted by molar-refractivity contribution is -0.00710. The highest BCUT2D eigenvalue weighted by molar-refractivity contribution is 6.01. The topological polar surface area (TPSA) is 114 Å². The van der Waals surface area contributed by atoms with Crippen molar-refractivity contribution in [1.82, 2.24) is 9.80 Å². The number of likely N-dealkylation sites (tertiary alicyclic amines) is 2. The van der Waals surface area contributed by atoms with Gasteiger partial charge in [-0.25, -0.2) is 8.78 Å². The first-order chi connectivity index (χ1) is 32.3. The van der Waals surface area contributed by atoms with Gasteiger partial charge in [0.1, 0.15) is 24.8 Å². The summed E-state index contributed by atoms with van der Waals surface area (Å²) in [6, 6.07) is 24.1. The number of Topliss-reactive ketones (excluding diaryl/α,β-unsaturated/α-hetero) is 2. The predicted octanol–water partition coefficient (Wildman–Crippen LogP) is 7.78. The number of piperidine rings is 2. The lowest BCUT2D eigenvalue weighted by atomic mass is 9.88. The highest BCUT2D eigenvalue weighted by atomic mass is 19.1. The third-order valence-electron chi connectivity index (χ3n) is 12.2. The van der Waals surface area contributed by atoms with Crippen LogP contribution in [0.15, 0.2) is 84.9 Å². The van der Waals surface area contributed by atoms with Gasteiger partial charge in [0.15, 0.2) is 34.6 Å². The molecule has 0 amide bonds. The molecule has 2 aliphatic heterocycles. The predicted molar refractivity (Wildman–Crippen MR) is 247 cm³/mol. The van der Waals surface area contributed by atoms with Gasteiger partial charge in [0.25, 0.3) is 0 Å². The van der Waals surface area contributed by atoms with Crippen LogP contribution in [0, 0.1) is 23.5 Å². The zero-order valence-electron chi connectivity index (χ0n) is 38.5. The number of benzene rings is 4. The standard InChI is InChI=1S/C52H66F2N2O10/c1-59-51-45(49(57)41-19-25-55(26-20-41)23-17-39-9-13-43(53)14-10-39)5-3-7-47(51)65-37-35-63-33-31-61-29-30-62-32-34-64-36-38-66-48-8-4-6-46(52(48)60-2)50(58)42-21-27-56(28-22-42)24-18-40-11-15-44(54)16-12-40/h3-16,41-42H,17-38H2,1-2H3. The second-order valence-electron chi connectivity index (χ2n) is 16.5. The van der Waals surface area contributed by atoms with E-state index in [0.29, 0.717) is 87.0 Å². The van der Waals surface area contributed by atoms with Crippen molar-refractivity contribution in [3.63, 3.8) is 0 Å². The van der Waals surface area contributed by atoms with E-state index in [1.807, 2.05) is 36.4 Å². The fourth-order valence-electron chi connectivity index (χ4n) is 8.40. The Bertz CT molecular complexity index is 1910. The van der Waals surface area contributed by atoms with Crippen molar-refractivity contribution in [2.24, 2.45) is 11.8 Å². The number of hydrogen-bond acceptors (Lipinski definition) is 12. The van der Waals surface area contributed by atoms with Crippen LogP contribution in [0.25, 0.3) is 0 Å². The maximum Gasteiger partial charge on any atom is 0.171 e. The number of carbonyl (C=O) groups excluding carboxylic acids is 2. The van der Waals surface area contributed by atoms with E-state index in [1.165, 1.54) is 24.3 Å². The van der Waals surface area contributed by atoms with Crippen molar-refractivity contribution in [3.05, 3.63) is 119 Å². The summed E-state index contributed by atoms with van der Waals surface area (Å²) in [6.45, 7) is 8.81. The fraction of sp³-hybridized carbons (Fsp3) is 0.500. The monoisotopic (exact) mass is 916 g/mol. The van der Waals surface area contributed by atoms with E-state index >= 15 is 0 Å². The number of nitrogens with zero attached hydrogens (tertiary/aromatic N) is 2. The van der Waals surface area contributed by atoms with Gasteiger partial charge in [-0.1, -0.05) is 36.4 Å². The molecule has 0 N–H and O–H groups in total. The van der Waals surface area contributed by atoms with Gasteiger partial charge in [0.2, 0.25) is 0 Å². The van der Waals surface area contributed by atoms with Gasteiger partial charge >= 0.3 is 0 Å². The first-order valence-electron chi connectivity index (χ1n) is 23.3. The van der Waals surface area contributed by atoms with Gasteiger partial charge in [-0.2, -0.15) is 0 Å². The van der Waals surface area contributed by atoms with E-state index in [2.05, 4.69) is 9.80 Å². The molecule has 2 aliphatic rings. The zero-order chi connectivity index (χ0) is 46.4. The maximum absolute atomic E-state index is 13.6. The van der Waals surface area contributed by atoms with Gasteiger partial charge in [0.05, 0.1) is 78.2 Å². The number of carbonyl (C=O) groups is 2. The van der Waals surface area contributed by atoms with Crippen LogP contribution < -0.4 is 18.9 Å². The molecule has 2 heterocycles. The van der Waals surface area contributed by atoms with E-state index in [1.54, 1.807) is 38.5 Å². The highest BCUT2D eigenvalue weighted by Crippen LogP contribution is 2.36. The molecule has 358 valence electrons. The molecule has 2 fully saturated rings. The van der Waals surface area contributed by atoms with Crippen molar-refractivity contribution in [2.75, 3.05) is 120 Å². The van der Waals surface area contributed by atoms with E-state index in [0.717, 1.165) is 88.9 Å². The van der Waals surface area contributed by atoms with Crippen LogP contribution >= 0.6 is 0 Å². The number of hydrogen-bond donors (Lipinski definition) is 0. The molecule has 0 radical (unpaired) electrons. The molecule has 0 bridgehead atoms. The van der Waals surface area contributed by atoms with Crippen molar-refractivity contribution < 1.29 is 56.3 Å². The zero-order valence-corrected chi connectivity index (χ0v) is 38.5. The second kappa shape index (κ2) is 27.6. The van der Waals surface area contributed by atoms with Gasteiger partial charge in [-0.05, 0) is 124 Å². The summed E-state index contributed by atoms with van der Waals surface area (Å²) < 4.78 is 72.3. The third kappa shape index (κ3) is 15.8. The Hall–Kier alpha value is -4.96. The SMILES string of the molecule is COc1c(OCCOCCOCCOCCOCCOc2cccc(C(=O)C3CCN(CCc4ccc(F)cc4)CC3)c2OC)cccc1C(=O)C1CCN(CCc2ccc(F)cc2)CC1. The molecule has 12 nitrogen and oxygen atoms in total. The van der Waals surface area contributed by atoms with Crippen LogP contribution in [0.4, 0.5) is 8.78 Å². The summed E-state index contributed by atoms with van der Waals surface area (Å²) in [5.74, 6) is 1.42. The number of methoxy groups -OCH3 is 2. The fourth-order valence-corrected chi connectivity index (χ4v) is 8.40. The second-order valence-corrected chi connectivity index (χ2v) is 16.5. The lowest BCUT2D eigenvalue weighted by Crippen LogP contribution is -2.37. The van der Waals surface area contributed by atoms with Crippen LogP contribution in [0.2, 0.25) is 0 Å². The minimum absolute atomic E-state index is 0.0706. The van der Waals surface area contributed by atoms with E-state index in [4.69, 9.17) is 37.9 Å². The van der Waals surface area contributed by atoms with Gasteiger partial charge < -0.3 is 47.7 Å². The van der Waals surface area contributed by atoms with Crippen molar-refractivity contribution >= 4 is 11.6 Å². The molecule has 66 heavy (non-hydrogen) atoms. The molecular formula is C52H66F2N2O10. The Labute approximate surface area is 388 Å². The summed E-state index contributed by atoms with van der Waals surface area (Å²) in [5, 5.41) is 0. The first kappa shape index (κ1) is 50.5. The molecule has 0 unspecified atom stereocenters. The minimum atomic E-state index is -0.226. The Morgan fingerprint density at radius 2 is 0.818 bits per heavy atom. The first-order valence-corrected chi connectivity index (χ1v) is 23.3. The van der Waals surface area contributed by atoms with Gasteiger partial charge in [0, 0.05) is 24.9 Å². The maximum atomic E-state index is 13.6. The lowest BCUT2D eigenvalue weighted by Gasteiger charge is -2.31. The quantitative estimate of drug-likeness (QED) is 0.0392. The number of halogens is 2. The van der Waals surface area contributed by atoms with Crippen molar-refractivity contribution in [3.8, 4) is 23.0 Å². The number of rotatable bonds is 29. The molecule has 14 heteroatoms. The Kier molecular flexibility index (Phi) is 21.1. The molecule has 4 aromatic carbocycles. The minimum Gasteiger partial charge on any atom is -0.492 e. The van der Waals surface area contributed by atoms with Crippen LogP contribution in [0.1, 0.15) is 57.5 Å². The molecular weight excluding hydrogens is 851 g/mol. The molecule has 4 aromatic rings. The molecule has 2 saturated heterocycles. The molecule has 0 atom stereocenters. The Balaban J connectivity index is 0.762. The van der Waals surface area contributed by atoms with Crippen molar-refractivity contribution in [2.45, 2.75) is 38.5 Å². The van der Waals surface area contributed by atoms with E-state index in [-0.39, 0.29) is 48.3 Å². The van der Waals surface area contributed by atoms with E-state index < -0.39 is 0 Å². The molecule has 0 spiro atoms. The number of para-hydroxylation sites is 2. The summed E-state index contributed by atoms with van der Waals surface area (Å²) in [7, 11) is 3.10.